The van der Waals surface area contributed by atoms with Crippen LogP contribution in [-0.4, -0.2) is 35.5 Å². The van der Waals surface area contributed by atoms with Crippen LogP contribution in [-0.2, 0) is 4.74 Å². The molecule has 0 spiro atoms. The van der Waals surface area contributed by atoms with E-state index in [1.807, 2.05) is 0 Å². The first-order chi connectivity index (χ1) is 7.77. The Balaban J connectivity index is 1.81. The summed E-state index contributed by atoms with van der Waals surface area (Å²) in [6.07, 6.45) is 3.39. The molecule has 1 amide bonds. The number of aromatic nitrogens is 2. The zero-order valence-electron chi connectivity index (χ0n) is 9.23. The Kier molecular flexibility index (Phi) is 3.51. The number of amides is 1. The normalized spacial score (nSPS) is 20.7. The third-order valence-electron chi connectivity index (χ3n) is 2.63. The lowest BCUT2D eigenvalue weighted by Crippen LogP contribution is -2.35. The van der Waals surface area contributed by atoms with E-state index in [1.165, 1.54) is 0 Å². The van der Waals surface area contributed by atoms with Gasteiger partial charge in [-0.15, -0.1) is 0 Å². The molecule has 1 atom stereocenters. The van der Waals surface area contributed by atoms with Crippen LogP contribution in [0, 0.1) is 6.92 Å². The summed E-state index contributed by atoms with van der Waals surface area (Å²) in [5, 5.41) is 9.86. The highest BCUT2D eigenvalue weighted by molar-refractivity contribution is 5.92. The van der Waals surface area contributed by atoms with Gasteiger partial charge < -0.3 is 10.1 Å². The van der Waals surface area contributed by atoms with Gasteiger partial charge in [0, 0.05) is 13.2 Å². The average molecular weight is 225 g/mol. The van der Waals surface area contributed by atoms with Gasteiger partial charge in [0.1, 0.15) is 5.69 Å². The van der Waals surface area contributed by atoms with Crippen molar-refractivity contribution >= 4 is 5.91 Å². The molecule has 1 aliphatic rings. The third kappa shape index (κ3) is 2.57. The summed E-state index contributed by atoms with van der Waals surface area (Å²) in [5.74, 6) is -0.257. The van der Waals surface area contributed by atoms with Gasteiger partial charge in [0.15, 0.2) is 5.69 Å². The Morgan fingerprint density at radius 2 is 2.38 bits per heavy atom. The number of carbonyl (C=O) groups is 1. The zero-order valence-corrected chi connectivity index (χ0v) is 9.23. The van der Waals surface area contributed by atoms with Gasteiger partial charge in [-0.3, -0.25) is 4.79 Å². The molecule has 0 bridgehead atoms. The Morgan fingerprint density at radius 3 is 3.00 bits per heavy atom. The first-order valence-electron chi connectivity index (χ1n) is 5.46. The van der Waals surface area contributed by atoms with Crippen molar-refractivity contribution in [3.8, 4) is 0 Å². The topological polar surface area (TPSA) is 77.2 Å². The molecular weight excluding hydrogens is 210 g/mol. The predicted octanol–water partition coefficient (Wildman–Crippen LogP) is 0.677. The van der Waals surface area contributed by atoms with Gasteiger partial charge in [-0.1, -0.05) is 5.16 Å². The minimum atomic E-state index is -0.257. The SMILES string of the molecule is Cc1nonc1C(=O)NCC1CCCCO1. The molecule has 1 saturated heterocycles. The lowest BCUT2D eigenvalue weighted by atomic mass is 10.1. The van der Waals surface area contributed by atoms with Crippen LogP contribution in [0.2, 0.25) is 0 Å². The van der Waals surface area contributed by atoms with E-state index in [-0.39, 0.29) is 17.7 Å². The van der Waals surface area contributed by atoms with Gasteiger partial charge in [-0.05, 0) is 31.3 Å². The van der Waals surface area contributed by atoms with E-state index in [4.69, 9.17) is 4.74 Å². The Labute approximate surface area is 93.3 Å². The minimum absolute atomic E-state index is 0.123. The van der Waals surface area contributed by atoms with Crippen LogP contribution in [0.25, 0.3) is 0 Å². The molecule has 6 nitrogen and oxygen atoms in total. The van der Waals surface area contributed by atoms with Crippen molar-refractivity contribution in [3.05, 3.63) is 11.4 Å². The Hall–Kier alpha value is -1.43. The summed E-state index contributed by atoms with van der Waals surface area (Å²) in [7, 11) is 0. The number of rotatable bonds is 3. The van der Waals surface area contributed by atoms with Crippen molar-refractivity contribution in [2.75, 3.05) is 13.2 Å². The molecule has 88 valence electrons. The van der Waals surface area contributed by atoms with Crippen molar-refractivity contribution in [3.63, 3.8) is 0 Å². The van der Waals surface area contributed by atoms with Crippen molar-refractivity contribution in [2.24, 2.45) is 0 Å². The molecule has 6 heteroatoms. The van der Waals surface area contributed by atoms with Crippen molar-refractivity contribution in [1.29, 1.82) is 0 Å². The third-order valence-corrected chi connectivity index (χ3v) is 2.63. The van der Waals surface area contributed by atoms with Crippen molar-refractivity contribution < 1.29 is 14.2 Å². The second kappa shape index (κ2) is 5.07. The quantitative estimate of drug-likeness (QED) is 0.818. The van der Waals surface area contributed by atoms with Gasteiger partial charge in [-0.25, -0.2) is 4.63 Å². The summed E-state index contributed by atoms with van der Waals surface area (Å²) in [5.41, 5.74) is 0.748. The molecule has 0 radical (unpaired) electrons. The largest absolute Gasteiger partial charge is 0.376 e. The summed E-state index contributed by atoms with van der Waals surface area (Å²) in [6.45, 7) is 2.98. The first kappa shape index (κ1) is 11.1. The van der Waals surface area contributed by atoms with Gasteiger partial charge >= 0.3 is 0 Å². The maximum atomic E-state index is 11.6. The van der Waals surface area contributed by atoms with Crippen LogP contribution in [0.1, 0.15) is 35.4 Å². The van der Waals surface area contributed by atoms with E-state index in [2.05, 4.69) is 20.3 Å². The summed E-state index contributed by atoms with van der Waals surface area (Å²) < 4.78 is 9.97. The standard InChI is InChI=1S/C10H15N3O3/c1-7-9(13-16-12-7)10(14)11-6-8-4-2-3-5-15-8/h8H,2-6H2,1H3,(H,11,14). The molecule has 1 aliphatic heterocycles. The molecule has 1 N–H and O–H groups in total. The molecule has 0 aromatic carbocycles. The highest BCUT2D eigenvalue weighted by atomic mass is 16.6. The molecule has 0 aliphatic carbocycles. The molecule has 1 aromatic rings. The zero-order chi connectivity index (χ0) is 11.4. The number of carbonyl (C=O) groups excluding carboxylic acids is 1. The van der Waals surface area contributed by atoms with E-state index in [1.54, 1.807) is 6.92 Å². The molecular formula is C10H15N3O3. The molecule has 1 unspecified atom stereocenters. The second-order valence-corrected chi connectivity index (χ2v) is 3.90. The van der Waals surface area contributed by atoms with Crippen LogP contribution in [0.3, 0.4) is 0 Å². The van der Waals surface area contributed by atoms with Crippen LogP contribution in [0.4, 0.5) is 0 Å². The molecule has 16 heavy (non-hydrogen) atoms. The number of hydrogen-bond donors (Lipinski definition) is 1. The molecule has 2 rings (SSSR count). The minimum Gasteiger partial charge on any atom is -0.376 e. The first-order valence-corrected chi connectivity index (χ1v) is 5.46. The van der Waals surface area contributed by atoms with Crippen molar-refractivity contribution in [2.45, 2.75) is 32.3 Å². The molecule has 1 aromatic heterocycles. The monoisotopic (exact) mass is 225 g/mol. The van der Waals surface area contributed by atoms with Crippen LogP contribution in [0.15, 0.2) is 4.63 Å². The summed E-state index contributed by atoms with van der Waals surface area (Å²) >= 11 is 0. The van der Waals surface area contributed by atoms with Crippen LogP contribution < -0.4 is 5.32 Å². The number of aryl methyl sites for hydroxylation is 1. The second-order valence-electron chi connectivity index (χ2n) is 3.90. The smallest absolute Gasteiger partial charge is 0.275 e. The molecule has 0 saturated carbocycles. The van der Waals surface area contributed by atoms with Crippen LogP contribution >= 0.6 is 0 Å². The van der Waals surface area contributed by atoms with E-state index >= 15 is 0 Å². The molecule has 1 fully saturated rings. The fraction of sp³-hybridized carbons (Fsp3) is 0.700. The highest BCUT2D eigenvalue weighted by Crippen LogP contribution is 2.11. The number of hydrogen-bond acceptors (Lipinski definition) is 5. The fourth-order valence-electron chi connectivity index (χ4n) is 1.70. The van der Waals surface area contributed by atoms with E-state index in [0.717, 1.165) is 25.9 Å². The van der Waals surface area contributed by atoms with E-state index in [9.17, 15) is 4.79 Å². The van der Waals surface area contributed by atoms with Crippen molar-refractivity contribution in [1.82, 2.24) is 15.6 Å². The van der Waals surface area contributed by atoms with Gasteiger partial charge in [-0.2, -0.15) is 0 Å². The Morgan fingerprint density at radius 1 is 1.50 bits per heavy atom. The van der Waals surface area contributed by atoms with Gasteiger partial charge in [0.05, 0.1) is 6.10 Å². The number of nitrogens with zero attached hydrogens (tertiary/aromatic N) is 2. The number of nitrogens with one attached hydrogen (secondary N) is 1. The van der Waals surface area contributed by atoms with Gasteiger partial charge in [0.25, 0.3) is 5.91 Å². The predicted molar refractivity (Wildman–Crippen MR) is 55.0 cm³/mol. The lowest BCUT2D eigenvalue weighted by Gasteiger charge is -2.22. The van der Waals surface area contributed by atoms with E-state index in [0.29, 0.717) is 12.2 Å². The summed E-state index contributed by atoms with van der Waals surface area (Å²) in [6, 6.07) is 0. The maximum absolute atomic E-state index is 11.6. The summed E-state index contributed by atoms with van der Waals surface area (Å²) in [4.78, 5) is 11.6. The van der Waals surface area contributed by atoms with E-state index < -0.39 is 0 Å². The number of ether oxygens (including phenoxy) is 1. The van der Waals surface area contributed by atoms with Crippen LogP contribution in [0.5, 0.6) is 0 Å². The highest BCUT2D eigenvalue weighted by Gasteiger charge is 2.18. The molecule has 2 heterocycles. The fourth-order valence-corrected chi connectivity index (χ4v) is 1.70. The lowest BCUT2D eigenvalue weighted by molar-refractivity contribution is 0.0168. The maximum Gasteiger partial charge on any atom is 0.275 e. The average Bonchev–Trinajstić information content (AvgIpc) is 2.74. The van der Waals surface area contributed by atoms with Gasteiger partial charge in [0.2, 0.25) is 0 Å². The Bertz CT molecular complexity index is 358.